The van der Waals surface area contributed by atoms with Gasteiger partial charge in [-0.15, -0.1) is 0 Å². The Morgan fingerprint density at radius 2 is 1.75 bits per heavy atom. The first-order valence-electron chi connectivity index (χ1n) is 8.72. The van der Waals surface area contributed by atoms with Crippen LogP contribution in [0.3, 0.4) is 0 Å². The third-order valence-corrected chi connectivity index (χ3v) is 4.40. The highest BCUT2D eigenvalue weighted by Gasteiger charge is 2.33. The van der Waals surface area contributed by atoms with Crippen LogP contribution in [0.4, 0.5) is 0 Å². The second-order valence-electron chi connectivity index (χ2n) is 6.34. The molecule has 1 fully saturated rings. The lowest BCUT2D eigenvalue weighted by molar-refractivity contribution is 0.0996. The highest BCUT2D eigenvalue weighted by atomic mass is 16.5. The van der Waals surface area contributed by atoms with Crippen molar-refractivity contribution in [3.63, 3.8) is 0 Å². The fourth-order valence-electron chi connectivity index (χ4n) is 2.67. The van der Waals surface area contributed by atoms with Crippen molar-refractivity contribution in [1.29, 1.82) is 0 Å². The summed E-state index contributed by atoms with van der Waals surface area (Å²) in [6, 6.07) is 0.654. The molecule has 0 amide bonds. The van der Waals surface area contributed by atoms with E-state index in [1.54, 1.807) is 0 Å². The lowest BCUT2D eigenvalue weighted by Crippen LogP contribution is -2.49. The largest absolute Gasteiger partial charge is 0.394 e. The molecule has 1 atom stereocenters. The molecule has 0 aliphatic heterocycles. The molecule has 0 aromatic carbocycles. The molecule has 2 N–H and O–H groups in total. The molecule has 1 unspecified atom stereocenters. The van der Waals surface area contributed by atoms with Crippen molar-refractivity contribution in [2.24, 2.45) is 0 Å². The summed E-state index contributed by atoms with van der Waals surface area (Å²) in [5, 5.41) is 13.3. The van der Waals surface area contributed by atoms with E-state index in [4.69, 9.17) is 4.74 Å². The molecule has 3 heteroatoms. The van der Waals surface area contributed by atoms with Crippen molar-refractivity contribution in [2.45, 2.75) is 89.6 Å². The average molecular weight is 285 g/mol. The van der Waals surface area contributed by atoms with Gasteiger partial charge in [0.2, 0.25) is 0 Å². The van der Waals surface area contributed by atoms with Gasteiger partial charge in [0.1, 0.15) is 0 Å². The van der Waals surface area contributed by atoms with Gasteiger partial charge in [-0.2, -0.15) is 0 Å². The van der Waals surface area contributed by atoms with Gasteiger partial charge in [0.05, 0.1) is 6.61 Å². The maximum Gasteiger partial charge on any atom is 0.0613 e. The third kappa shape index (κ3) is 7.61. The maximum atomic E-state index is 9.67. The van der Waals surface area contributed by atoms with Crippen molar-refractivity contribution in [2.75, 3.05) is 19.8 Å². The zero-order chi connectivity index (χ0) is 14.7. The lowest BCUT2D eigenvalue weighted by Gasteiger charge is -2.32. The molecule has 0 radical (unpaired) electrons. The number of unbranched alkanes of at least 4 members (excludes halogenated alkanes) is 4. The fraction of sp³-hybridized carbons (Fsp3) is 1.00. The topological polar surface area (TPSA) is 41.5 Å². The van der Waals surface area contributed by atoms with Crippen molar-refractivity contribution >= 4 is 0 Å². The van der Waals surface area contributed by atoms with Crippen LogP contribution in [0.15, 0.2) is 0 Å². The SMILES string of the molecule is CCCCCCCOCCCC(CC)(CO)NC1CC1. The minimum absolute atomic E-state index is 0.0638. The van der Waals surface area contributed by atoms with E-state index in [1.807, 2.05) is 0 Å². The number of hydrogen-bond donors (Lipinski definition) is 2. The first-order valence-corrected chi connectivity index (χ1v) is 8.72. The molecular formula is C17H35NO2. The first kappa shape index (κ1) is 17.9. The van der Waals surface area contributed by atoms with E-state index in [1.165, 1.54) is 44.9 Å². The van der Waals surface area contributed by atoms with Crippen LogP contribution in [-0.4, -0.2) is 36.5 Å². The van der Waals surface area contributed by atoms with Gasteiger partial charge in [-0.1, -0.05) is 39.5 Å². The minimum atomic E-state index is -0.0638. The molecule has 0 bridgehead atoms. The van der Waals surface area contributed by atoms with Crippen LogP contribution in [-0.2, 0) is 4.74 Å². The number of hydrogen-bond acceptors (Lipinski definition) is 3. The number of aliphatic hydroxyl groups excluding tert-OH is 1. The summed E-state index contributed by atoms with van der Waals surface area (Å²) < 4.78 is 5.71. The van der Waals surface area contributed by atoms with Crippen LogP contribution in [0.25, 0.3) is 0 Å². The van der Waals surface area contributed by atoms with Crippen molar-refractivity contribution in [3.8, 4) is 0 Å². The number of nitrogens with one attached hydrogen (secondary N) is 1. The Morgan fingerprint density at radius 3 is 2.35 bits per heavy atom. The number of rotatable bonds is 14. The molecule has 0 heterocycles. The van der Waals surface area contributed by atoms with Gasteiger partial charge in [0.25, 0.3) is 0 Å². The van der Waals surface area contributed by atoms with E-state index in [9.17, 15) is 5.11 Å². The predicted molar refractivity (Wildman–Crippen MR) is 85.1 cm³/mol. The molecule has 1 aliphatic rings. The van der Waals surface area contributed by atoms with Crippen LogP contribution in [0.5, 0.6) is 0 Å². The smallest absolute Gasteiger partial charge is 0.0613 e. The zero-order valence-electron chi connectivity index (χ0n) is 13.6. The second kappa shape index (κ2) is 10.6. The summed E-state index contributed by atoms with van der Waals surface area (Å²) in [6.45, 7) is 6.39. The maximum absolute atomic E-state index is 9.67. The van der Waals surface area contributed by atoms with E-state index in [0.717, 1.165) is 32.5 Å². The summed E-state index contributed by atoms with van der Waals surface area (Å²) in [5.74, 6) is 0. The van der Waals surface area contributed by atoms with Gasteiger partial charge >= 0.3 is 0 Å². The fourth-order valence-corrected chi connectivity index (χ4v) is 2.67. The first-order chi connectivity index (χ1) is 9.76. The monoisotopic (exact) mass is 285 g/mol. The molecule has 0 spiro atoms. The molecule has 120 valence electrons. The second-order valence-corrected chi connectivity index (χ2v) is 6.34. The van der Waals surface area contributed by atoms with Crippen LogP contribution in [0.2, 0.25) is 0 Å². The Hall–Kier alpha value is -0.120. The Labute approximate surface area is 125 Å². The Balaban J connectivity index is 2.00. The van der Waals surface area contributed by atoms with Gasteiger partial charge in [-0.25, -0.2) is 0 Å². The van der Waals surface area contributed by atoms with Crippen LogP contribution < -0.4 is 5.32 Å². The lowest BCUT2D eigenvalue weighted by atomic mass is 9.91. The molecule has 0 aromatic rings. The van der Waals surface area contributed by atoms with Crippen molar-refractivity contribution in [1.82, 2.24) is 5.32 Å². The van der Waals surface area contributed by atoms with E-state index < -0.39 is 0 Å². The summed E-state index contributed by atoms with van der Waals surface area (Å²) in [4.78, 5) is 0. The Morgan fingerprint density at radius 1 is 1.05 bits per heavy atom. The molecule has 1 saturated carbocycles. The van der Waals surface area contributed by atoms with Crippen LogP contribution in [0.1, 0.15) is 78.1 Å². The van der Waals surface area contributed by atoms with Crippen LogP contribution in [0, 0.1) is 0 Å². The highest BCUT2D eigenvalue weighted by Crippen LogP contribution is 2.26. The van der Waals surface area contributed by atoms with Gasteiger partial charge in [0.15, 0.2) is 0 Å². The molecule has 0 saturated heterocycles. The molecule has 0 aromatic heterocycles. The van der Waals surface area contributed by atoms with E-state index in [2.05, 4.69) is 19.2 Å². The van der Waals surface area contributed by atoms with Crippen molar-refractivity contribution in [3.05, 3.63) is 0 Å². The quantitative estimate of drug-likeness (QED) is 0.479. The van der Waals surface area contributed by atoms with Gasteiger partial charge in [0, 0.05) is 24.8 Å². The summed E-state index contributed by atoms with van der Waals surface area (Å²) in [5.41, 5.74) is -0.0638. The molecule has 20 heavy (non-hydrogen) atoms. The third-order valence-electron chi connectivity index (χ3n) is 4.40. The summed E-state index contributed by atoms with van der Waals surface area (Å²) in [7, 11) is 0. The molecule has 1 aliphatic carbocycles. The minimum Gasteiger partial charge on any atom is -0.394 e. The molecule has 3 nitrogen and oxygen atoms in total. The average Bonchev–Trinajstić information content (AvgIpc) is 3.28. The van der Waals surface area contributed by atoms with Gasteiger partial charge < -0.3 is 15.2 Å². The predicted octanol–water partition coefficient (Wildman–Crippen LogP) is 3.65. The van der Waals surface area contributed by atoms with Crippen LogP contribution >= 0.6 is 0 Å². The van der Waals surface area contributed by atoms with Gasteiger partial charge in [-0.05, 0) is 38.5 Å². The van der Waals surface area contributed by atoms with Gasteiger partial charge in [-0.3, -0.25) is 0 Å². The molecule has 1 rings (SSSR count). The summed E-state index contributed by atoms with van der Waals surface area (Å²) >= 11 is 0. The van der Waals surface area contributed by atoms with E-state index in [0.29, 0.717) is 6.04 Å². The highest BCUT2D eigenvalue weighted by molar-refractivity contribution is 4.94. The van der Waals surface area contributed by atoms with Crippen molar-refractivity contribution < 1.29 is 9.84 Å². The Kier molecular flexibility index (Phi) is 9.49. The standard InChI is InChI=1S/C17H35NO2/c1-3-5-6-7-8-13-20-14-9-12-17(4-2,15-19)18-16-10-11-16/h16,18-19H,3-15H2,1-2H3. The van der Waals surface area contributed by atoms with E-state index in [-0.39, 0.29) is 12.1 Å². The number of aliphatic hydroxyl groups is 1. The summed E-state index contributed by atoms with van der Waals surface area (Å²) in [6.07, 6.45) is 12.1. The zero-order valence-corrected chi connectivity index (χ0v) is 13.6. The van der Waals surface area contributed by atoms with E-state index >= 15 is 0 Å². The number of ether oxygens (including phenoxy) is 1. The Bertz CT molecular complexity index is 225. The normalized spacial score (nSPS) is 18.1. The molecular weight excluding hydrogens is 250 g/mol.